The molecular weight excluding hydrogens is 442 g/mol. The normalized spacial score (nSPS) is 16.5. The van der Waals surface area contributed by atoms with Crippen LogP contribution in [0, 0.1) is 0 Å². The average Bonchev–Trinajstić information content (AvgIpc) is 3.34. The van der Waals surface area contributed by atoms with Gasteiger partial charge in [-0.05, 0) is 55.3 Å². The van der Waals surface area contributed by atoms with Crippen LogP contribution in [0.5, 0.6) is 0 Å². The van der Waals surface area contributed by atoms with Crippen LogP contribution in [0.4, 0.5) is 17.1 Å². The molecule has 4 rings (SSSR count). The highest BCUT2D eigenvalue weighted by molar-refractivity contribution is 7.92. The number of carbonyl (C=O) groups excluding carboxylic acids is 2. The average molecular weight is 472 g/mol. The molecule has 2 aromatic carbocycles. The van der Waals surface area contributed by atoms with Crippen molar-refractivity contribution in [3.8, 4) is 0 Å². The minimum atomic E-state index is -3.91. The summed E-state index contributed by atoms with van der Waals surface area (Å²) in [5.74, 6) is -0.316. The number of carbonyl (C=O) groups is 2. The molecule has 0 radical (unpaired) electrons. The standard InChI is InChI=1S/C23H29N5O4S/c1-17(29)25-19-5-7-20(8-6-19)33(31,32)26-21-16-18(23(30)28-12-2-3-13-28)4-9-22(21)27-14-10-24-11-15-27/h4-9,16,24,26H,2-3,10-15H2,1H3,(H,25,29). The van der Waals surface area contributed by atoms with Crippen molar-refractivity contribution in [1.82, 2.24) is 10.2 Å². The van der Waals surface area contributed by atoms with E-state index in [1.54, 1.807) is 29.2 Å². The topological polar surface area (TPSA) is 111 Å². The van der Waals surface area contributed by atoms with Gasteiger partial charge in [-0.3, -0.25) is 14.3 Å². The molecule has 10 heteroatoms. The first-order chi connectivity index (χ1) is 15.8. The summed E-state index contributed by atoms with van der Waals surface area (Å²) in [5, 5.41) is 5.92. The fourth-order valence-electron chi connectivity index (χ4n) is 4.16. The molecule has 0 unspecified atom stereocenters. The smallest absolute Gasteiger partial charge is 0.261 e. The zero-order valence-electron chi connectivity index (χ0n) is 18.6. The number of piperazine rings is 1. The lowest BCUT2D eigenvalue weighted by molar-refractivity contribution is -0.114. The quantitative estimate of drug-likeness (QED) is 0.595. The molecule has 0 spiro atoms. The maximum absolute atomic E-state index is 13.2. The van der Waals surface area contributed by atoms with Gasteiger partial charge in [0.1, 0.15) is 0 Å². The summed E-state index contributed by atoms with van der Waals surface area (Å²) in [5.41, 5.74) is 2.11. The van der Waals surface area contributed by atoms with E-state index in [2.05, 4.69) is 20.3 Å². The second-order valence-corrected chi connectivity index (χ2v) is 9.96. The lowest BCUT2D eigenvalue weighted by Gasteiger charge is -2.31. The van der Waals surface area contributed by atoms with Crippen molar-refractivity contribution in [2.24, 2.45) is 0 Å². The number of amides is 2. The van der Waals surface area contributed by atoms with Crippen LogP contribution in [0.3, 0.4) is 0 Å². The van der Waals surface area contributed by atoms with Crippen LogP contribution in [0.15, 0.2) is 47.4 Å². The number of likely N-dealkylation sites (tertiary alicyclic amines) is 1. The van der Waals surface area contributed by atoms with Gasteiger partial charge < -0.3 is 20.4 Å². The maximum Gasteiger partial charge on any atom is 0.261 e. The number of rotatable bonds is 6. The van der Waals surface area contributed by atoms with E-state index in [1.807, 2.05) is 6.07 Å². The van der Waals surface area contributed by atoms with E-state index < -0.39 is 10.0 Å². The molecule has 33 heavy (non-hydrogen) atoms. The van der Waals surface area contributed by atoms with Gasteiger partial charge in [0.2, 0.25) is 5.91 Å². The van der Waals surface area contributed by atoms with E-state index in [0.717, 1.165) is 57.8 Å². The third-order valence-electron chi connectivity index (χ3n) is 5.82. The first-order valence-corrected chi connectivity index (χ1v) is 12.6. The molecule has 176 valence electrons. The molecule has 2 amide bonds. The Kier molecular flexibility index (Phi) is 6.85. The van der Waals surface area contributed by atoms with Crippen molar-refractivity contribution in [3.63, 3.8) is 0 Å². The molecule has 0 bridgehead atoms. The minimum absolute atomic E-state index is 0.0686. The van der Waals surface area contributed by atoms with E-state index in [1.165, 1.54) is 19.1 Å². The van der Waals surface area contributed by atoms with E-state index >= 15 is 0 Å². The molecule has 2 heterocycles. The minimum Gasteiger partial charge on any atom is -0.367 e. The fraction of sp³-hybridized carbons (Fsp3) is 0.391. The van der Waals surface area contributed by atoms with E-state index in [-0.39, 0.29) is 16.7 Å². The summed E-state index contributed by atoms with van der Waals surface area (Å²) in [4.78, 5) is 28.1. The Morgan fingerprint density at radius 3 is 2.24 bits per heavy atom. The molecule has 0 aliphatic carbocycles. The summed E-state index contributed by atoms with van der Waals surface area (Å²) in [6.45, 7) is 5.90. The molecule has 0 aromatic heterocycles. The highest BCUT2D eigenvalue weighted by Gasteiger charge is 2.24. The van der Waals surface area contributed by atoms with Gasteiger partial charge in [-0.1, -0.05) is 0 Å². The first-order valence-electron chi connectivity index (χ1n) is 11.1. The monoisotopic (exact) mass is 471 g/mol. The van der Waals surface area contributed by atoms with Crippen LogP contribution < -0.4 is 20.3 Å². The zero-order chi connectivity index (χ0) is 23.4. The maximum atomic E-state index is 13.2. The van der Waals surface area contributed by atoms with Crippen molar-refractivity contribution in [1.29, 1.82) is 0 Å². The van der Waals surface area contributed by atoms with E-state index in [4.69, 9.17) is 0 Å². The van der Waals surface area contributed by atoms with Crippen molar-refractivity contribution >= 4 is 38.9 Å². The summed E-state index contributed by atoms with van der Waals surface area (Å²) in [7, 11) is -3.91. The molecule has 2 aliphatic heterocycles. The number of nitrogens with zero attached hydrogens (tertiary/aromatic N) is 2. The largest absolute Gasteiger partial charge is 0.367 e. The third kappa shape index (κ3) is 5.45. The summed E-state index contributed by atoms with van der Waals surface area (Å²) < 4.78 is 29.1. The highest BCUT2D eigenvalue weighted by atomic mass is 32.2. The van der Waals surface area contributed by atoms with Gasteiger partial charge in [-0.25, -0.2) is 8.42 Å². The lowest BCUT2D eigenvalue weighted by Crippen LogP contribution is -2.43. The van der Waals surface area contributed by atoms with E-state index in [0.29, 0.717) is 16.9 Å². The number of hydrogen-bond acceptors (Lipinski definition) is 6. The Bertz CT molecular complexity index is 1120. The Morgan fingerprint density at radius 2 is 1.61 bits per heavy atom. The summed E-state index contributed by atoms with van der Waals surface area (Å²) in [6, 6.07) is 11.2. The fourth-order valence-corrected chi connectivity index (χ4v) is 5.22. The predicted octanol–water partition coefficient (Wildman–Crippen LogP) is 2.09. The predicted molar refractivity (Wildman–Crippen MR) is 128 cm³/mol. The van der Waals surface area contributed by atoms with Crippen LogP contribution in [0.1, 0.15) is 30.1 Å². The SMILES string of the molecule is CC(=O)Nc1ccc(S(=O)(=O)Nc2cc(C(=O)N3CCCC3)ccc2N2CCNCC2)cc1. The molecule has 0 saturated carbocycles. The second-order valence-electron chi connectivity index (χ2n) is 8.28. The third-order valence-corrected chi connectivity index (χ3v) is 7.21. The van der Waals surface area contributed by atoms with Crippen LogP contribution in [-0.4, -0.2) is 64.4 Å². The number of benzene rings is 2. The van der Waals surface area contributed by atoms with Crippen LogP contribution in [-0.2, 0) is 14.8 Å². The number of sulfonamides is 1. The van der Waals surface area contributed by atoms with Gasteiger partial charge in [-0.2, -0.15) is 0 Å². The van der Waals surface area contributed by atoms with Gasteiger partial charge >= 0.3 is 0 Å². The van der Waals surface area contributed by atoms with Crippen molar-refractivity contribution in [3.05, 3.63) is 48.0 Å². The van der Waals surface area contributed by atoms with Crippen LogP contribution in [0.2, 0.25) is 0 Å². The highest BCUT2D eigenvalue weighted by Crippen LogP contribution is 2.31. The second kappa shape index (κ2) is 9.80. The molecule has 2 saturated heterocycles. The Morgan fingerprint density at radius 1 is 0.939 bits per heavy atom. The van der Waals surface area contributed by atoms with Gasteiger partial charge in [0.15, 0.2) is 0 Å². The Balaban J connectivity index is 1.64. The summed E-state index contributed by atoms with van der Waals surface area (Å²) in [6.07, 6.45) is 1.97. The Hall–Kier alpha value is -3.11. The molecule has 3 N–H and O–H groups in total. The molecule has 2 aliphatic rings. The van der Waals surface area contributed by atoms with Crippen LogP contribution in [0.25, 0.3) is 0 Å². The van der Waals surface area contributed by atoms with Crippen molar-refractivity contribution in [2.75, 3.05) is 54.2 Å². The molecule has 0 atom stereocenters. The number of nitrogens with one attached hydrogen (secondary N) is 3. The zero-order valence-corrected chi connectivity index (χ0v) is 19.5. The molecule has 9 nitrogen and oxygen atoms in total. The first kappa shape index (κ1) is 23.1. The molecular formula is C23H29N5O4S. The van der Waals surface area contributed by atoms with Gasteiger partial charge in [0.25, 0.3) is 15.9 Å². The lowest BCUT2D eigenvalue weighted by atomic mass is 10.1. The van der Waals surface area contributed by atoms with E-state index in [9.17, 15) is 18.0 Å². The molecule has 2 aromatic rings. The van der Waals surface area contributed by atoms with Crippen molar-refractivity contribution < 1.29 is 18.0 Å². The Labute approximate surface area is 194 Å². The van der Waals surface area contributed by atoms with Gasteiger partial charge in [0.05, 0.1) is 16.3 Å². The number of anilines is 3. The van der Waals surface area contributed by atoms with Gasteiger partial charge in [-0.15, -0.1) is 0 Å². The summed E-state index contributed by atoms with van der Waals surface area (Å²) >= 11 is 0. The molecule has 2 fully saturated rings. The number of hydrogen-bond donors (Lipinski definition) is 3. The van der Waals surface area contributed by atoms with Crippen LogP contribution >= 0.6 is 0 Å². The van der Waals surface area contributed by atoms with Gasteiger partial charge in [0, 0.05) is 57.4 Å². The van der Waals surface area contributed by atoms with Crippen molar-refractivity contribution in [2.45, 2.75) is 24.7 Å².